The molecule has 0 saturated carbocycles. The molecule has 104 valence electrons. The Morgan fingerprint density at radius 1 is 1.39 bits per heavy atom. The van der Waals surface area contributed by atoms with Crippen molar-refractivity contribution in [3.63, 3.8) is 0 Å². The molecule has 0 aromatic carbocycles. The van der Waals surface area contributed by atoms with Crippen LogP contribution in [0.2, 0.25) is 0 Å². The summed E-state index contributed by atoms with van der Waals surface area (Å²) < 4.78 is 5.55. The van der Waals surface area contributed by atoms with Crippen LogP contribution in [0.3, 0.4) is 0 Å². The van der Waals surface area contributed by atoms with Crippen LogP contribution in [0.1, 0.15) is 46.5 Å². The zero-order valence-electron chi connectivity index (χ0n) is 11.3. The van der Waals surface area contributed by atoms with Gasteiger partial charge in [-0.25, -0.2) is 4.79 Å². The lowest BCUT2D eigenvalue weighted by atomic mass is 10.0. The van der Waals surface area contributed by atoms with E-state index in [4.69, 9.17) is 9.84 Å². The van der Waals surface area contributed by atoms with Crippen LogP contribution in [0.25, 0.3) is 0 Å². The van der Waals surface area contributed by atoms with Crippen LogP contribution in [0.4, 0.5) is 0 Å². The maximum atomic E-state index is 11.9. The molecule has 1 amide bonds. The number of ether oxygens (including phenoxy) is 1. The molecule has 0 spiro atoms. The normalized spacial score (nSPS) is 25.1. The summed E-state index contributed by atoms with van der Waals surface area (Å²) in [5.41, 5.74) is 0. The van der Waals surface area contributed by atoms with Gasteiger partial charge in [0.1, 0.15) is 12.1 Å². The first-order valence-electron chi connectivity index (χ1n) is 6.62. The number of rotatable bonds is 6. The maximum Gasteiger partial charge on any atom is 0.326 e. The van der Waals surface area contributed by atoms with E-state index in [1.165, 1.54) is 0 Å². The van der Waals surface area contributed by atoms with Crippen molar-refractivity contribution in [3.05, 3.63) is 0 Å². The van der Waals surface area contributed by atoms with Gasteiger partial charge in [-0.1, -0.05) is 20.8 Å². The third-order valence-electron chi connectivity index (χ3n) is 3.18. The summed E-state index contributed by atoms with van der Waals surface area (Å²) in [6, 6.07) is -0.818. The highest BCUT2D eigenvalue weighted by molar-refractivity contribution is 5.86. The first kappa shape index (κ1) is 15.0. The molecule has 3 unspecified atom stereocenters. The van der Waals surface area contributed by atoms with Gasteiger partial charge in [-0.15, -0.1) is 0 Å². The molecule has 0 bridgehead atoms. The Bertz CT molecular complexity index is 303. The Labute approximate surface area is 108 Å². The molecule has 18 heavy (non-hydrogen) atoms. The summed E-state index contributed by atoms with van der Waals surface area (Å²) in [6.45, 7) is 5.88. The predicted molar refractivity (Wildman–Crippen MR) is 67.2 cm³/mol. The molecule has 1 rings (SSSR count). The van der Waals surface area contributed by atoms with Crippen molar-refractivity contribution in [1.29, 1.82) is 0 Å². The number of hydrogen-bond donors (Lipinski definition) is 2. The molecule has 1 aliphatic heterocycles. The molecule has 1 heterocycles. The average molecular weight is 257 g/mol. The van der Waals surface area contributed by atoms with E-state index in [0.717, 1.165) is 12.8 Å². The molecule has 0 aliphatic carbocycles. The lowest BCUT2D eigenvalue weighted by molar-refractivity contribution is -0.144. The molecule has 3 atom stereocenters. The quantitative estimate of drug-likeness (QED) is 0.757. The highest BCUT2D eigenvalue weighted by Gasteiger charge is 2.32. The lowest BCUT2D eigenvalue weighted by Crippen LogP contribution is -2.46. The van der Waals surface area contributed by atoms with Crippen LogP contribution in [0, 0.1) is 5.92 Å². The van der Waals surface area contributed by atoms with Crippen molar-refractivity contribution in [3.8, 4) is 0 Å². The van der Waals surface area contributed by atoms with E-state index in [1.54, 1.807) is 0 Å². The smallest absolute Gasteiger partial charge is 0.326 e. The molecule has 0 aromatic heterocycles. The van der Waals surface area contributed by atoms with Crippen molar-refractivity contribution in [2.24, 2.45) is 5.92 Å². The zero-order chi connectivity index (χ0) is 13.7. The Hall–Kier alpha value is -1.10. The van der Waals surface area contributed by atoms with E-state index in [9.17, 15) is 9.59 Å². The fourth-order valence-corrected chi connectivity index (χ4v) is 2.16. The molecule has 0 radical (unpaired) electrons. The zero-order valence-corrected chi connectivity index (χ0v) is 11.3. The topological polar surface area (TPSA) is 75.6 Å². The summed E-state index contributed by atoms with van der Waals surface area (Å²) in [5.74, 6) is -1.06. The van der Waals surface area contributed by atoms with Gasteiger partial charge in [0.05, 0.1) is 6.10 Å². The second-order valence-electron chi connectivity index (χ2n) is 5.26. The van der Waals surface area contributed by atoms with Crippen LogP contribution in [-0.4, -0.2) is 35.2 Å². The molecular formula is C13H23NO4. The largest absolute Gasteiger partial charge is 0.480 e. The van der Waals surface area contributed by atoms with Crippen LogP contribution < -0.4 is 5.32 Å². The molecule has 1 saturated heterocycles. The monoisotopic (exact) mass is 257 g/mol. The number of carboxylic acid groups (broad SMARTS) is 1. The second kappa shape index (κ2) is 6.73. The summed E-state index contributed by atoms with van der Waals surface area (Å²) in [5, 5.41) is 11.6. The highest BCUT2D eigenvalue weighted by atomic mass is 16.5. The second-order valence-corrected chi connectivity index (χ2v) is 5.26. The van der Waals surface area contributed by atoms with Gasteiger partial charge in [0, 0.05) is 0 Å². The fourth-order valence-electron chi connectivity index (χ4n) is 2.16. The molecule has 0 aromatic rings. The Balaban J connectivity index is 2.49. The van der Waals surface area contributed by atoms with Gasteiger partial charge in [0.2, 0.25) is 5.91 Å². The van der Waals surface area contributed by atoms with Gasteiger partial charge < -0.3 is 15.2 Å². The molecular weight excluding hydrogens is 234 g/mol. The third kappa shape index (κ3) is 4.29. The van der Waals surface area contributed by atoms with Gasteiger partial charge in [-0.05, 0) is 31.6 Å². The van der Waals surface area contributed by atoms with Gasteiger partial charge in [0.25, 0.3) is 0 Å². The molecule has 1 aliphatic rings. The molecule has 1 fully saturated rings. The van der Waals surface area contributed by atoms with Crippen molar-refractivity contribution in [1.82, 2.24) is 5.32 Å². The van der Waals surface area contributed by atoms with Gasteiger partial charge in [0.15, 0.2) is 0 Å². The minimum absolute atomic E-state index is 0.133. The first-order valence-corrected chi connectivity index (χ1v) is 6.62. The third-order valence-corrected chi connectivity index (χ3v) is 3.18. The number of carbonyl (C=O) groups excluding carboxylic acids is 1. The summed E-state index contributed by atoms with van der Waals surface area (Å²) in [6.07, 6.45) is 2.52. The minimum atomic E-state index is -0.984. The number of carboxylic acids is 1. The van der Waals surface area contributed by atoms with Crippen LogP contribution >= 0.6 is 0 Å². The Kier molecular flexibility index (Phi) is 5.59. The minimum Gasteiger partial charge on any atom is -0.480 e. The summed E-state index contributed by atoms with van der Waals surface area (Å²) in [7, 11) is 0. The van der Waals surface area contributed by atoms with E-state index < -0.39 is 18.1 Å². The summed E-state index contributed by atoms with van der Waals surface area (Å²) >= 11 is 0. The van der Waals surface area contributed by atoms with Gasteiger partial charge >= 0.3 is 5.97 Å². The highest BCUT2D eigenvalue weighted by Crippen LogP contribution is 2.22. The molecule has 2 N–H and O–H groups in total. The van der Waals surface area contributed by atoms with E-state index in [2.05, 4.69) is 5.32 Å². The number of carbonyl (C=O) groups is 2. The standard InChI is InChI=1S/C13H23NO4/c1-4-9-5-6-11(18-9)12(15)14-10(13(16)17)7-8(2)3/h8-11H,4-7H2,1-3H3,(H,14,15)(H,16,17). The van der Waals surface area contributed by atoms with E-state index in [-0.39, 0.29) is 17.9 Å². The van der Waals surface area contributed by atoms with Crippen LogP contribution in [-0.2, 0) is 14.3 Å². The van der Waals surface area contributed by atoms with E-state index in [0.29, 0.717) is 12.8 Å². The van der Waals surface area contributed by atoms with Gasteiger partial charge in [-0.3, -0.25) is 4.79 Å². The van der Waals surface area contributed by atoms with Crippen LogP contribution in [0.15, 0.2) is 0 Å². The molecule has 5 nitrogen and oxygen atoms in total. The SMILES string of the molecule is CCC1CCC(C(=O)NC(CC(C)C)C(=O)O)O1. The van der Waals surface area contributed by atoms with Crippen molar-refractivity contribution < 1.29 is 19.4 Å². The van der Waals surface area contributed by atoms with Gasteiger partial charge in [-0.2, -0.15) is 0 Å². The van der Waals surface area contributed by atoms with E-state index >= 15 is 0 Å². The van der Waals surface area contributed by atoms with Crippen molar-refractivity contribution in [2.45, 2.75) is 64.7 Å². The fraction of sp³-hybridized carbons (Fsp3) is 0.846. The van der Waals surface area contributed by atoms with Crippen molar-refractivity contribution in [2.75, 3.05) is 0 Å². The number of hydrogen-bond acceptors (Lipinski definition) is 3. The Morgan fingerprint density at radius 3 is 2.50 bits per heavy atom. The van der Waals surface area contributed by atoms with Crippen molar-refractivity contribution >= 4 is 11.9 Å². The number of amides is 1. The average Bonchev–Trinajstić information content (AvgIpc) is 2.75. The Morgan fingerprint density at radius 2 is 2.06 bits per heavy atom. The summed E-state index contributed by atoms with van der Waals surface area (Å²) in [4.78, 5) is 23.0. The number of nitrogens with one attached hydrogen (secondary N) is 1. The molecule has 5 heteroatoms. The lowest BCUT2D eigenvalue weighted by Gasteiger charge is -2.19. The van der Waals surface area contributed by atoms with Crippen LogP contribution in [0.5, 0.6) is 0 Å². The predicted octanol–water partition coefficient (Wildman–Crippen LogP) is 1.56. The number of aliphatic carboxylic acids is 1. The van der Waals surface area contributed by atoms with E-state index in [1.807, 2.05) is 20.8 Å². The maximum absolute atomic E-state index is 11.9. The first-order chi connectivity index (χ1) is 8.43.